The average Bonchev–Trinajstić information content (AvgIpc) is 2.39. The Morgan fingerprint density at radius 2 is 2.39 bits per heavy atom. The third-order valence-electron chi connectivity index (χ3n) is 2.06. The van der Waals surface area contributed by atoms with Crippen molar-refractivity contribution in [3.05, 3.63) is 36.5 Å². The second-order valence-corrected chi connectivity index (χ2v) is 3.44. The zero-order valence-electron chi connectivity index (χ0n) is 10.5. The maximum absolute atomic E-state index is 11.4. The topological polar surface area (TPSA) is 60.5 Å². The molecule has 0 atom stereocenters. The number of aromatic nitrogens is 1. The summed E-state index contributed by atoms with van der Waals surface area (Å²) < 4.78 is 10.1. The predicted octanol–water partition coefficient (Wildman–Crippen LogP) is 1.87. The fourth-order valence-electron chi connectivity index (χ4n) is 1.25. The molecule has 0 aromatic carbocycles. The van der Waals surface area contributed by atoms with E-state index in [1.54, 1.807) is 25.1 Å². The van der Waals surface area contributed by atoms with Gasteiger partial charge in [-0.1, -0.05) is 6.08 Å². The molecule has 1 N–H and O–H groups in total. The van der Waals surface area contributed by atoms with E-state index in [9.17, 15) is 4.79 Å². The summed E-state index contributed by atoms with van der Waals surface area (Å²) in [5.74, 6) is 0.344. The number of nitrogens with zero attached hydrogens (tertiary/aromatic N) is 1. The Morgan fingerprint density at radius 3 is 3.00 bits per heavy atom. The van der Waals surface area contributed by atoms with Gasteiger partial charge >= 0.3 is 5.97 Å². The highest BCUT2D eigenvalue weighted by Crippen LogP contribution is 2.06. The van der Waals surface area contributed by atoms with Crippen molar-refractivity contribution in [2.24, 2.45) is 0 Å². The molecule has 0 radical (unpaired) electrons. The summed E-state index contributed by atoms with van der Waals surface area (Å²) in [6.45, 7) is 7.45. The first-order valence-corrected chi connectivity index (χ1v) is 5.83. The lowest BCUT2D eigenvalue weighted by molar-refractivity contribution is 0.0526. The third-order valence-corrected chi connectivity index (χ3v) is 2.06. The number of hydrogen-bond acceptors (Lipinski definition) is 5. The van der Waals surface area contributed by atoms with Crippen LogP contribution in [0.5, 0.6) is 0 Å². The van der Waals surface area contributed by atoms with Crippen LogP contribution in [-0.2, 0) is 9.47 Å². The Kier molecular flexibility index (Phi) is 6.50. The van der Waals surface area contributed by atoms with Crippen molar-refractivity contribution in [3.63, 3.8) is 0 Å². The second-order valence-electron chi connectivity index (χ2n) is 3.44. The summed E-state index contributed by atoms with van der Waals surface area (Å²) in [4.78, 5) is 15.5. The fraction of sp³-hybridized carbons (Fsp3) is 0.385. The Morgan fingerprint density at radius 1 is 1.56 bits per heavy atom. The molecular weight excluding hydrogens is 232 g/mol. The lowest BCUT2D eigenvalue weighted by atomic mass is 10.3. The molecule has 18 heavy (non-hydrogen) atoms. The van der Waals surface area contributed by atoms with Gasteiger partial charge in [0.15, 0.2) is 0 Å². The van der Waals surface area contributed by atoms with E-state index >= 15 is 0 Å². The molecule has 1 aromatic rings. The Hall–Kier alpha value is -1.88. The number of carbonyl (C=O) groups excluding carboxylic acids is 1. The molecule has 0 unspecified atom stereocenters. The number of carbonyl (C=O) groups is 1. The Labute approximate surface area is 107 Å². The van der Waals surface area contributed by atoms with Gasteiger partial charge in [-0.15, -0.1) is 6.58 Å². The zero-order valence-corrected chi connectivity index (χ0v) is 10.5. The lowest BCUT2D eigenvalue weighted by Gasteiger charge is -2.06. The van der Waals surface area contributed by atoms with E-state index in [0.717, 1.165) is 0 Å². The number of nitrogens with one attached hydrogen (secondary N) is 1. The molecule has 1 rings (SSSR count). The monoisotopic (exact) mass is 250 g/mol. The van der Waals surface area contributed by atoms with Crippen molar-refractivity contribution in [3.8, 4) is 0 Å². The average molecular weight is 250 g/mol. The van der Waals surface area contributed by atoms with Gasteiger partial charge in [0.2, 0.25) is 0 Å². The SMILES string of the molecule is C=CCOCCNc1ccc(C(=O)OCC)cn1. The van der Waals surface area contributed by atoms with Crippen LogP contribution in [0.1, 0.15) is 17.3 Å². The molecule has 0 saturated heterocycles. The quantitative estimate of drug-likeness (QED) is 0.433. The first-order valence-electron chi connectivity index (χ1n) is 5.83. The number of anilines is 1. The van der Waals surface area contributed by atoms with Crippen LogP contribution in [0, 0.1) is 0 Å². The van der Waals surface area contributed by atoms with E-state index in [2.05, 4.69) is 16.9 Å². The van der Waals surface area contributed by atoms with Gasteiger partial charge in [0.25, 0.3) is 0 Å². The van der Waals surface area contributed by atoms with E-state index in [1.807, 2.05) is 0 Å². The Balaban J connectivity index is 2.36. The smallest absolute Gasteiger partial charge is 0.339 e. The summed E-state index contributed by atoms with van der Waals surface area (Å²) >= 11 is 0. The molecule has 1 heterocycles. The molecule has 5 nitrogen and oxygen atoms in total. The van der Waals surface area contributed by atoms with Crippen LogP contribution < -0.4 is 5.32 Å². The third kappa shape index (κ3) is 4.97. The van der Waals surface area contributed by atoms with Crippen LogP contribution in [0.3, 0.4) is 0 Å². The van der Waals surface area contributed by atoms with Gasteiger partial charge in [0, 0.05) is 12.7 Å². The van der Waals surface area contributed by atoms with Crippen LogP contribution in [0.15, 0.2) is 31.0 Å². The Bertz CT molecular complexity index is 376. The van der Waals surface area contributed by atoms with Crippen LogP contribution in [-0.4, -0.2) is 37.3 Å². The van der Waals surface area contributed by atoms with Crippen LogP contribution in [0.2, 0.25) is 0 Å². The van der Waals surface area contributed by atoms with Gasteiger partial charge < -0.3 is 14.8 Å². The number of pyridine rings is 1. The van der Waals surface area contributed by atoms with Crippen LogP contribution in [0.4, 0.5) is 5.82 Å². The highest BCUT2D eigenvalue weighted by molar-refractivity contribution is 5.89. The van der Waals surface area contributed by atoms with E-state index in [4.69, 9.17) is 9.47 Å². The highest BCUT2D eigenvalue weighted by atomic mass is 16.5. The molecule has 0 amide bonds. The van der Waals surface area contributed by atoms with Crippen molar-refractivity contribution < 1.29 is 14.3 Å². The van der Waals surface area contributed by atoms with Crippen molar-refractivity contribution in [1.82, 2.24) is 4.98 Å². The molecule has 5 heteroatoms. The minimum atomic E-state index is -0.356. The minimum Gasteiger partial charge on any atom is -0.462 e. The summed E-state index contributed by atoms with van der Waals surface area (Å²) in [5, 5.41) is 3.08. The molecular formula is C13H18N2O3. The normalized spacial score (nSPS) is 9.83. The molecule has 0 aliphatic rings. The van der Waals surface area contributed by atoms with E-state index in [-0.39, 0.29) is 5.97 Å². The number of hydrogen-bond donors (Lipinski definition) is 1. The lowest BCUT2D eigenvalue weighted by Crippen LogP contribution is -2.11. The first kappa shape index (κ1) is 14.2. The summed E-state index contributed by atoms with van der Waals surface area (Å²) in [5.41, 5.74) is 0.449. The van der Waals surface area contributed by atoms with Gasteiger partial charge in [-0.2, -0.15) is 0 Å². The molecule has 0 aliphatic heterocycles. The second kappa shape index (κ2) is 8.25. The van der Waals surface area contributed by atoms with Gasteiger partial charge in [-0.05, 0) is 19.1 Å². The molecule has 0 bridgehead atoms. The zero-order chi connectivity index (χ0) is 13.2. The minimum absolute atomic E-state index is 0.356. The van der Waals surface area contributed by atoms with Gasteiger partial charge in [0.05, 0.1) is 25.4 Å². The maximum atomic E-state index is 11.4. The predicted molar refractivity (Wildman–Crippen MR) is 69.7 cm³/mol. The van der Waals surface area contributed by atoms with Gasteiger partial charge in [-0.25, -0.2) is 9.78 Å². The largest absolute Gasteiger partial charge is 0.462 e. The van der Waals surface area contributed by atoms with Crippen molar-refractivity contribution >= 4 is 11.8 Å². The maximum Gasteiger partial charge on any atom is 0.339 e. The first-order chi connectivity index (χ1) is 8.77. The van der Waals surface area contributed by atoms with Crippen molar-refractivity contribution in [2.45, 2.75) is 6.92 Å². The molecule has 0 fully saturated rings. The number of rotatable bonds is 8. The highest BCUT2D eigenvalue weighted by Gasteiger charge is 2.05. The van der Waals surface area contributed by atoms with E-state index in [0.29, 0.717) is 37.7 Å². The molecule has 98 valence electrons. The number of ether oxygens (including phenoxy) is 2. The molecule has 0 aliphatic carbocycles. The van der Waals surface area contributed by atoms with Crippen molar-refractivity contribution in [1.29, 1.82) is 0 Å². The summed E-state index contributed by atoms with van der Waals surface area (Å²) in [7, 11) is 0. The van der Waals surface area contributed by atoms with Crippen LogP contribution in [0.25, 0.3) is 0 Å². The van der Waals surface area contributed by atoms with E-state index in [1.165, 1.54) is 6.20 Å². The standard InChI is InChI=1S/C13H18N2O3/c1-3-8-17-9-7-14-12-6-5-11(10-15-12)13(16)18-4-2/h3,5-6,10H,1,4,7-9H2,2H3,(H,14,15). The number of esters is 1. The van der Waals surface area contributed by atoms with E-state index < -0.39 is 0 Å². The fourth-order valence-corrected chi connectivity index (χ4v) is 1.25. The summed E-state index contributed by atoms with van der Waals surface area (Å²) in [6.07, 6.45) is 3.19. The molecule has 1 aromatic heterocycles. The van der Waals surface area contributed by atoms with Crippen LogP contribution >= 0.6 is 0 Å². The summed E-state index contributed by atoms with van der Waals surface area (Å²) in [6, 6.07) is 3.41. The molecule has 0 spiro atoms. The van der Waals surface area contributed by atoms with Gasteiger partial charge in [0.1, 0.15) is 5.82 Å². The molecule has 0 saturated carbocycles. The van der Waals surface area contributed by atoms with Crippen molar-refractivity contribution in [2.75, 3.05) is 31.7 Å². The van der Waals surface area contributed by atoms with Gasteiger partial charge in [-0.3, -0.25) is 0 Å².